The third-order valence-electron chi connectivity index (χ3n) is 5.77. The van der Waals surface area contributed by atoms with E-state index in [-0.39, 0.29) is 6.61 Å². The molecule has 1 N–H and O–H groups in total. The Labute approximate surface area is 178 Å². The second-order valence-electron chi connectivity index (χ2n) is 8.03. The summed E-state index contributed by atoms with van der Waals surface area (Å²) in [6, 6.07) is 10.3. The van der Waals surface area contributed by atoms with Gasteiger partial charge in [-0.25, -0.2) is 0 Å². The highest BCUT2D eigenvalue weighted by Gasteiger charge is 2.28. The molecular weight excluding hydrogens is 382 g/mol. The summed E-state index contributed by atoms with van der Waals surface area (Å²) in [6.45, 7) is 6.99. The van der Waals surface area contributed by atoms with Crippen molar-refractivity contribution in [3.8, 4) is 11.5 Å². The molecule has 0 radical (unpaired) electrons. The molecule has 2 fully saturated rings. The lowest BCUT2D eigenvalue weighted by atomic mass is 9.92. The van der Waals surface area contributed by atoms with Gasteiger partial charge in [-0.15, -0.1) is 0 Å². The minimum Gasteiger partial charge on any atom is -0.493 e. The Morgan fingerprint density at radius 3 is 2.60 bits per heavy atom. The van der Waals surface area contributed by atoms with Crippen LogP contribution in [0.2, 0.25) is 0 Å². The molecule has 7 heteroatoms. The second-order valence-corrected chi connectivity index (χ2v) is 8.03. The zero-order valence-corrected chi connectivity index (χ0v) is 17.6. The van der Waals surface area contributed by atoms with Crippen molar-refractivity contribution in [3.05, 3.63) is 53.9 Å². The lowest BCUT2D eigenvalue weighted by molar-refractivity contribution is 0.00445. The zero-order valence-electron chi connectivity index (χ0n) is 17.6. The van der Waals surface area contributed by atoms with E-state index in [1.54, 1.807) is 7.11 Å². The third-order valence-corrected chi connectivity index (χ3v) is 5.77. The number of ether oxygens (including phenoxy) is 3. The predicted octanol–water partition coefficient (Wildman–Crippen LogP) is 1.76. The maximum Gasteiger partial charge on any atom is 0.161 e. The normalized spacial score (nSPS) is 19.3. The molecule has 4 rings (SSSR count). The van der Waals surface area contributed by atoms with Crippen molar-refractivity contribution >= 4 is 0 Å². The van der Waals surface area contributed by atoms with Crippen LogP contribution >= 0.6 is 0 Å². The highest BCUT2D eigenvalue weighted by Crippen LogP contribution is 2.31. The molecule has 0 bridgehead atoms. The second kappa shape index (κ2) is 10.2. The minimum atomic E-state index is -0.543. The first-order valence-electron chi connectivity index (χ1n) is 10.6. The van der Waals surface area contributed by atoms with Gasteiger partial charge in [-0.3, -0.25) is 14.8 Å². The van der Waals surface area contributed by atoms with E-state index in [0.717, 1.165) is 45.9 Å². The quantitative estimate of drug-likeness (QED) is 0.672. The van der Waals surface area contributed by atoms with E-state index in [0.29, 0.717) is 24.0 Å². The summed E-state index contributed by atoms with van der Waals surface area (Å²) >= 11 is 0. The van der Waals surface area contributed by atoms with Crippen LogP contribution in [0.1, 0.15) is 17.0 Å². The number of aliphatic hydroxyl groups excluding tert-OH is 1. The molecule has 1 aromatic carbocycles. The van der Waals surface area contributed by atoms with Gasteiger partial charge in [-0.05, 0) is 35.4 Å². The number of likely N-dealkylation sites (tertiary alicyclic amines) is 1. The summed E-state index contributed by atoms with van der Waals surface area (Å²) in [7, 11) is 1.65. The summed E-state index contributed by atoms with van der Waals surface area (Å²) in [5.41, 5.74) is 2.56. The van der Waals surface area contributed by atoms with Crippen molar-refractivity contribution < 1.29 is 19.3 Å². The summed E-state index contributed by atoms with van der Waals surface area (Å²) in [5.74, 6) is 1.96. The Bertz CT molecular complexity index is 792. The SMILES string of the molecule is COc1cc(CN2CC(c3ccncc3)C2)ccc1OCC(O)CN1CCOCC1. The largest absolute Gasteiger partial charge is 0.493 e. The van der Waals surface area contributed by atoms with Gasteiger partial charge in [0.1, 0.15) is 12.7 Å². The number of aliphatic hydroxyl groups is 1. The van der Waals surface area contributed by atoms with Crippen LogP contribution in [0.4, 0.5) is 0 Å². The first-order chi connectivity index (χ1) is 14.7. The molecule has 2 aliphatic heterocycles. The Morgan fingerprint density at radius 1 is 1.10 bits per heavy atom. The highest BCUT2D eigenvalue weighted by atomic mass is 16.5. The Morgan fingerprint density at radius 2 is 1.87 bits per heavy atom. The molecule has 2 aromatic rings. The number of benzene rings is 1. The molecule has 1 atom stereocenters. The number of aromatic nitrogens is 1. The molecule has 1 aromatic heterocycles. The number of pyridine rings is 1. The van der Waals surface area contributed by atoms with Crippen LogP contribution in [-0.4, -0.2) is 85.6 Å². The molecule has 0 aliphatic carbocycles. The first-order valence-corrected chi connectivity index (χ1v) is 10.6. The topological polar surface area (TPSA) is 67.3 Å². The maximum atomic E-state index is 10.3. The number of methoxy groups -OCH3 is 1. The van der Waals surface area contributed by atoms with Crippen LogP contribution in [0.5, 0.6) is 11.5 Å². The molecular formula is C23H31N3O4. The minimum absolute atomic E-state index is 0.243. The molecule has 2 aliphatic rings. The monoisotopic (exact) mass is 413 g/mol. The molecule has 0 saturated carbocycles. The van der Waals surface area contributed by atoms with Gasteiger partial charge in [0.15, 0.2) is 11.5 Å². The average Bonchev–Trinajstić information content (AvgIpc) is 2.76. The Balaban J connectivity index is 1.25. The lowest BCUT2D eigenvalue weighted by Crippen LogP contribution is -2.44. The fourth-order valence-corrected chi connectivity index (χ4v) is 4.05. The van der Waals surface area contributed by atoms with E-state index >= 15 is 0 Å². The number of hydrogen-bond donors (Lipinski definition) is 1. The Kier molecular flexibility index (Phi) is 7.17. The van der Waals surface area contributed by atoms with Gasteiger partial charge in [-0.1, -0.05) is 6.07 Å². The van der Waals surface area contributed by atoms with Gasteiger partial charge in [0.2, 0.25) is 0 Å². The van der Waals surface area contributed by atoms with E-state index in [9.17, 15) is 5.11 Å². The predicted molar refractivity (Wildman–Crippen MR) is 114 cm³/mol. The molecule has 0 amide bonds. The van der Waals surface area contributed by atoms with Crippen LogP contribution in [0.3, 0.4) is 0 Å². The lowest BCUT2D eigenvalue weighted by Gasteiger charge is -2.39. The van der Waals surface area contributed by atoms with Gasteiger partial charge in [0.25, 0.3) is 0 Å². The van der Waals surface area contributed by atoms with Crippen molar-refractivity contribution in [1.29, 1.82) is 0 Å². The standard InChI is InChI=1S/C23H31N3O4/c1-28-23-12-18(13-26-14-20(15-26)19-4-6-24-7-5-19)2-3-22(23)30-17-21(27)16-25-8-10-29-11-9-25/h2-7,12,20-21,27H,8-11,13-17H2,1H3. The van der Waals surface area contributed by atoms with Crippen molar-refractivity contribution in [1.82, 2.24) is 14.8 Å². The first kappa shape index (κ1) is 21.1. The van der Waals surface area contributed by atoms with Gasteiger partial charge >= 0.3 is 0 Å². The molecule has 30 heavy (non-hydrogen) atoms. The van der Waals surface area contributed by atoms with E-state index in [1.807, 2.05) is 24.5 Å². The number of nitrogens with zero attached hydrogens (tertiary/aromatic N) is 3. The maximum absolute atomic E-state index is 10.3. The third kappa shape index (κ3) is 5.49. The highest BCUT2D eigenvalue weighted by molar-refractivity contribution is 5.43. The molecule has 3 heterocycles. The van der Waals surface area contributed by atoms with Crippen LogP contribution < -0.4 is 9.47 Å². The van der Waals surface area contributed by atoms with Gasteiger partial charge in [-0.2, -0.15) is 0 Å². The van der Waals surface area contributed by atoms with E-state index < -0.39 is 6.10 Å². The molecule has 162 valence electrons. The van der Waals surface area contributed by atoms with Crippen LogP contribution in [0.25, 0.3) is 0 Å². The number of hydrogen-bond acceptors (Lipinski definition) is 7. The molecule has 2 saturated heterocycles. The van der Waals surface area contributed by atoms with Crippen LogP contribution in [0.15, 0.2) is 42.7 Å². The number of rotatable bonds is 9. The van der Waals surface area contributed by atoms with E-state index in [2.05, 4.69) is 33.0 Å². The fraction of sp³-hybridized carbons (Fsp3) is 0.522. The van der Waals surface area contributed by atoms with Gasteiger partial charge < -0.3 is 19.3 Å². The van der Waals surface area contributed by atoms with Crippen molar-refractivity contribution in [3.63, 3.8) is 0 Å². The summed E-state index contributed by atoms with van der Waals surface area (Å²) in [4.78, 5) is 8.71. The van der Waals surface area contributed by atoms with Gasteiger partial charge in [0, 0.05) is 57.6 Å². The fourth-order valence-electron chi connectivity index (χ4n) is 4.05. The summed E-state index contributed by atoms with van der Waals surface area (Å²) < 4.78 is 16.7. The van der Waals surface area contributed by atoms with Crippen LogP contribution in [0, 0.1) is 0 Å². The zero-order chi connectivity index (χ0) is 20.8. The summed E-state index contributed by atoms with van der Waals surface area (Å²) in [6.07, 6.45) is 3.18. The van der Waals surface area contributed by atoms with Gasteiger partial charge in [0.05, 0.1) is 20.3 Å². The van der Waals surface area contributed by atoms with E-state index in [4.69, 9.17) is 14.2 Å². The van der Waals surface area contributed by atoms with E-state index in [1.165, 1.54) is 11.1 Å². The van der Waals surface area contributed by atoms with Crippen LogP contribution in [-0.2, 0) is 11.3 Å². The molecule has 0 spiro atoms. The summed E-state index contributed by atoms with van der Waals surface area (Å²) in [5, 5.41) is 10.3. The van der Waals surface area contributed by atoms with Crippen molar-refractivity contribution in [2.24, 2.45) is 0 Å². The van der Waals surface area contributed by atoms with Crippen molar-refractivity contribution in [2.75, 3.05) is 59.7 Å². The average molecular weight is 414 g/mol. The Hall–Kier alpha value is -2.19. The van der Waals surface area contributed by atoms with Crippen molar-refractivity contribution in [2.45, 2.75) is 18.6 Å². The number of β-amino-alcohol motifs (C(OH)–C–C–N with tert-alkyl or cyclic N) is 1. The molecule has 7 nitrogen and oxygen atoms in total. The number of morpholine rings is 1. The molecule has 1 unspecified atom stereocenters. The smallest absolute Gasteiger partial charge is 0.161 e.